The lowest BCUT2D eigenvalue weighted by molar-refractivity contribution is -0.127. The first-order valence-electron chi connectivity index (χ1n) is 9.87. The van der Waals surface area contributed by atoms with Gasteiger partial charge in [0.05, 0.1) is 17.7 Å². The summed E-state index contributed by atoms with van der Waals surface area (Å²) in [6.45, 7) is 4.66. The van der Waals surface area contributed by atoms with Crippen molar-refractivity contribution in [3.8, 4) is 0 Å². The van der Waals surface area contributed by atoms with Gasteiger partial charge in [0, 0.05) is 22.8 Å². The Morgan fingerprint density at radius 3 is 2.79 bits per heavy atom. The van der Waals surface area contributed by atoms with Gasteiger partial charge >= 0.3 is 0 Å². The van der Waals surface area contributed by atoms with Gasteiger partial charge in [-0.15, -0.1) is 22.7 Å². The molecule has 1 saturated carbocycles. The number of carbonyl (C=O) groups is 1. The summed E-state index contributed by atoms with van der Waals surface area (Å²) >= 11 is 4.62. The van der Waals surface area contributed by atoms with E-state index in [9.17, 15) is 9.59 Å². The summed E-state index contributed by atoms with van der Waals surface area (Å²) in [4.78, 5) is 35.7. The van der Waals surface area contributed by atoms with E-state index in [-0.39, 0.29) is 23.3 Å². The summed E-state index contributed by atoms with van der Waals surface area (Å²) in [5.41, 5.74) is 1.10. The molecule has 8 heteroatoms. The highest BCUT2D eigenvalue weighted by molar-refractivity contribution is 7.99. The molecule has 4 rings (SSSR count). The molecule has 0 bridgehead atoms. The molecule has 0 radical (unpaired) electrons. The van der Waals surface area contributed by atoms with Crippen molar-refractivity contribution in [2.45, 2.75) is 57.3 Å². The molecule has 29 heavy (non-hydrogen) atoms. The van der Waals surface area contributed by atoms with Crippen LogP contribution in [0.5, 0.6) is 0 Å². The van der Waals surface area contributed by atoms with E-state index in [2.05, 4.69) is 0 Å². The van der Waals surface area contributed by atoms with Crippen molar-refractivity contribution in [1.29, 1.82) is 0 Å². The zero-order valence-corrected chi connectivity index (χ0v) is 19.4. The Kier molecular flexibility index (Phi) is 6.13. The first-order valence-corrected chi connectivity index (χ1v) is 12.5. The predicted molar refractivity (Wildman–Crippen MR) is 122 cm³/mol. The van der Waals surface area contributed by atoms with Crippen molar-refractivity contribution < 1.29 is 4.79 Å². The first-order chi connectivity index (χ1) is 14.0. The van der Waals surface area contributed by atoms with E-state index < -0.39 is 0 Å². The molecule has 154 valence electrons. The van der Waals surface area contributed by atoms with Crippen molar-refractivity contribution in [3.05, 3.63) is 43.2 Å². The second-order valence-electron chi connectivity index (χ2n) is 7.59. The summed E-state index contributed by atoms with van der Waals surface area (Å²) in [5, 5.41) is 3.46. The average Bonchev–Trinajstić information content (AvgIpc) is 3.43. The molecule has 5 nitrogen and oxygen atoms in total. The zero-order valence-electron chi connectivity index (χ0n) is 16.9. The minimum Gasteiger partial charge on any atom is -0.340 e. The third kappa shape index (κ3) is 4.15. The van der Waals surface area contributed by atoms with E-state index in [1.807, 2.05) is 43.0 Å². The second kappa shape index (κ2) is 8.62. The summed E-state index contributed by atoms with van der Waals surface area (Å²) in [6, 6.07) is 4.23. The topological polar surface area (TPSA) is 55.2 Å². The number of nitrogens with zero attached hydrogens (tertiary/aromatic N) is 3. The lowest BCUT2D eigenvalue weighted by Gasteiger charge is -2.19. The van der Waals surface area contributed by atoms with E-state index in [1.54, 1.807) is 27.6 Å². The third-order valence-electron chi connectivity index (χ3n) is 5.62. The minimum atomic E-state index is 0.0502. The van der Waals surface area contributed by atoms with Crippen molar-refractivity contribution in [2.24, 2.45) is 0 Å². The van der Waals surface area contributed by atoms with Crippen molar-refractivity contribution >= 4 is 50.6 Å². The van der Waals surface area contributed by atoms with Crippen LogP contribution in [0.4, 0.5) is 0 Å². The Bertz CT molecular complexity index is 1080. The van der Waals surface area contributed by atoms with Gasteiger partial charge in [-0.3, -0.25) is 14.2 Å². The molecule has 0 unspecified atom stereocenters. The van der Waals surface area contributed by atoms with Gasteiger partial charge in [-0.05, 0) is 43.7 Å². The maximum Gasteiger partial charge on any atom is 0.263 e. The highest BCUT2D eigenvalue weighted by Crippen LogP contribution is 2.34. The van der Waals surface area contributed by atoms with Gasteiger partial charge in [0.15, 0.2) is 5.16 Å². The summed E-state index contributed by atoms with van der Waals surface area (Å²) in [7, 11) is 1.83. The minimum absolute atomic E-state index is 0.0502. The van der Waals surface area contributed by atoms with Crippen LogP contribution in [-0.4, -0.2) is 33.2 Å². The molecule has 1 amide bonds. The second-order valence-corrected chi connectivity index (χ2v) is 10.8. The molecule has 0 saturated heterocycles. The quantitative estimate of drug-likeness (QED) is 0.394. The number of aromatic nitrogens is 2. The fraction of sp³-hybridized carbons (Fsp3) is 0.476. The number of thioether (sulfide) groups is 1. The van der Waals surface area contributed by atoms with E-state index in [1.165, 1.54) is 11.8 Å². The van der Waals surface area contributed by atoms with Gasteiger partial charge in [0.25, 0.3) is 5.56 Å². The number of hydrogen-bond acceptors (Lipinski definition) is 6. The fourth-order valence-corrected chi connectivity index (χ4v) is 6.67. The van der Waals surface area contributed by atoms with Crippen LogP contribution < -0.4 is 5.56 Å². The summed E-state index contributed by atoms with van der Waals surface area (Å²) in [6.07, 6.45) is 4.30. The molecule has 0 spiro atoms. The van der Waals surface area contributed by atoms with E-state index in [0.717, 1.165) is 51.2 Å². The molecule has 0 N–H and O–H groups in total. The van der Waals surface area contributed by atoms with Gasteiger partial charge in [-0.1, -0.05) is 30.7 Å². The molecule has 3 aromatic heterocycles. The number of carbonyl (C=O) groups excluding carboxylic acids is 1. The molecule has 3 heterocycles. The highest BCUT2D eigenvalue weighted by Gasteiger charge is 2.25. The Labute approximate surface area is 182 Å². The Hall–Kier alpha value is -1.64. The molecular weight excluding hydrogens is 422 g/mol. The number of rotatable bonds is 6. The van der Waals surface area contributed by atoms with Crippen LogP contribution >= 0.6 is 34.4 Å². The van der Waals surface area contributed by atoms with Crippen LogP contribution in [-0.2, 0) is 11.3 Å². The maximum atomic E-state index is 13.4. The smallest absolute Gasteiger partial charge is 0.263 e. The molecule has 0 atom stereocenters. The highest BCUT2D eigenvalue weighted by atomic mass is 32.2. The van der Waals surface area contributed by atoms with Gasteiger partial charge in [0.1, 0.15) is 4.83 Å². The normalized spacial score (nSPS) is 14.7. The van der Waals surface area contributed by atoms with E-state index >= 15 is 0 Å². The van der Waals surface area contributed by atoms with E-state index in [4.69, 9.17) is 4.98 Å². The fourth-order valence-electron chi connectivity index (χ4n) is 3.83. The van der Waals surface area contributed by atoms with Crippen LogP contribution in [0.1, 0.15) is 47.0 Å². The monoisotopic (exact) mass is 447 g/mol. The number of amides is 1. The van der Waals surface area contributed by atoms with Crippen LogP contribution in [0.15, 0.2) is 27.5 Å². The molecule has 1 aliphatic rings. The number of fused-ring (bicyclic) bond motifs is 1. The van der Waals surface area contributed by atoms with Crippen molar-refractivity contribution in [2.75, 3.05) is 12.8 Å². The van der Waals surface area contributed by atoms with Crippen LogP contribution in [0.3, 0.4) is 0 Å². The lowest BCUT2D eigenvalue weighted by atomic mass is 10.2. The summed E-state index contributed by atoms with van der Waals surface area (Å²) in [5.74, 6) is 0.338. The van der Waals surface area contributed by atoms with Crippen molar-refractivity contribution in [3.63, 3.8) is 0 Å². The van der Waals surface area contributed by atoms with Crippen LogP contribution in [0.25, 0.3) is 10.2 Å². The number of hydrogen-bond donors (Lipinski definition) is 0. The Morgan fingerprint density at radius 2 is 2.10 bits per heavy atom. The molecule has 0 aromatic carbocycles. The molecular formula is C21H25N3O2S3. The van der Waals surface area contributed by atoms with Gasteiger partial charge in [-0.2, -0.15) is 0 Å². The number of thiophene rings is 2. The predicted octanol–water partition coefficient (Wildman–Crippen LogP) is 5.00. The molecule has 3 aromatic rings. The van der Waals surface area contributed by atoms with E-state index in [0.29, 0.717) is 11.7 Å². The largest absolute Gasteiger partial charge is 0.340 e. The van der Waals surface area contributed by atoms with Crippen molar-refractivity contribution in [1.82, 2.24) is 14.5 Å². The molecule has 1 fully saturated rings. The molecule has 0 aliphatic heterocycles. The Balaban J connectivity index is 1.61. The van der Waals surface area contributed by atoms with Crippen LogP contribution in [0.2, 0.25) is 0 Å². The standard InChI is InChI=1S/C21H25N3O2S3/c1-13-14(2)29-19-18(13)20(26)24(15-7-4-5-8-15)21(22-19)28-12-17(25)23(3)11-16-9-6-10-27-16/h6,9-10,15H,4-5,7-8,11-12H2,1-3H3. The summed E-state index contributed by atoms with van der Waals surface area (Å²) < 4.78 is 1.88. The maximum absolute atomic E-state index is 13.4. The SMILES string of the molecule is Cc1sc2nc(SCC(=O)N(C)Cc3cccs3)n(C3CCCC3)c(=O)c2c1C. The average molecular weight is 448 g/mol. The zero-order chi connectivity index (χ0) is 20.5. The third-order valence-corrected chi connectivity index (χ3v) is 8.52. The molecule has 1 aliphatic carbocycles. The van der Waals surface area contributed by atoms with Gasteiger partial charge < -0.3 is 4.90 Å². The Morgan fingerprint density at radius 1 is 1.34 bits per heavy atom. The van der Waals surface area contributed by atoms with Gasteiger partial charge in [-0.25, -0.2) is 4.98 Å². The van der Waals surface area contributed by atoms with Crippen LogP contribution in [0, 0.1) is 13.8 Å². The first kappa shape index (κ1) is 20.6. The van der Waals surface area contributed by atoms with Gasteiger partial charge in [0.2, 0.25) is 5.91 Å². The number of aryl methyl sites for hydroxylation is 2. The lowest BCUT2D eigenvalue weighted by Crippen LogP contribution is -2.29.